The van der Waals surface area contributed by atoms with Gasteiger partial charge < -0.3 is 20.1 Å². The van der Waals surface area contributed by atoms with E-state index in [4.69, 9.17) is 32.7 Å². The topological polar surface area (TPSA) is 85.4 Å². The van der Waals surface area contributed by atoms with Gasteiger partial charge in [-0.15, -0.1) is 0 Å². The van der Waals surface area contributed by atoms with E-state index in [1.807, 2.05) is 18.2 Å². The summed E-state index contributed by atoms with van der Waals surface area (Å²) in [5, 5.41) is 8.04. The molecule has 1 fully saturated rings. The molecule has 2 atom stereocenters. The maximum Gasteiger partial charge on any atom is 0.243 e. The first-order valence-electron chi connectivity index (χ1n) is 11.0. The fourth-order valence-electron chi connectivity index (χ4n) is 4.28. The number of fused-ring (bicyclic) bond motifs is 1. The smallest absolute Gasteiger partial charge is 0.243 e. The number of rotatable bonds is 7. The van der Waals surface area contributed by atoms with Crippen LogP contribution in [0.25, 0.3) is 22.0 Å². The number of methoxy groups -OCH3 is 2. The van der Waals surface area contributed by atoms with Crippen LogP contribution in [0.4, 0.5) is 5.95 Å². The van der Waals surface area contributed by atoms with Crippen molar-refractivity contribution in [2.45, 2.75) is 37.8 Å². The van der Waals surface area contributed by atoms with Crippen molar-refractivity contribution in [1.29, 1.82) is 0 Å². The minimum atomic E-state index is -0.169. The summed E-state index contributed by atoms with van der Waals surface area (Å²) in [4.78, 5) is 21.0. The van der Waals surface area contributed by atoms with E-state index >= 15 is 0 Å². The maximum absolute atomic E-state index is 11.8. The van der Waals surface area contributed by atoms with Crippen molar-refractivity contribution in [3.63, 3.8) is 0 Å². The van der Waals surface area contributed by atoms with Crippen LogP contribution in [0.5, 0.6) is 11.5 Å². The first-order valence-corrected chi connectivity index (χ1v) is 11.8. The second kappa shape index (κ2) is 10.5. The highest BCUT2D eigenvalue weighted by Gasteiger charge is 2.26. The van der Waals surface area contributed by atoms with E-state index in [2.05, 4.69) is 27.2 Å². The summed E-state index contributed by atoms with van der Waals surface area (Å²) in [6, 6.07) is 7.45. The lowest BCUT2D eigenvalue weighted by Crippen LogP contribution is -2.48. The summed E-state index contributed by atoms with van der Waals surface area (Å²) < 4.78 is 10.8. The standard InChI is InChI=1S/C25H26Cl2N4O3/c1-4-21(32)29-17-7-5-6-8-18(17)31-25-28-13-15-11-14(9-10-16(15)30-25)22-23(26)19(33-2)12-20(34-3)24(22)27/h4,9-13,17-18H,1,5-8H2,2-3H3,(H,29,32)(H,28,30,31). The minimum Gasteiger partial charge on any atom is -0.495 e. The van der Waals surface area contributed by atoms with Crippen molar-refractivity contribution in [3.8, 4) is 22.6 Å². The number of anilines is 1. The average Bonchev–Trinajstić information content (AvgIpc) is 2.85. The second-order valence-corrected chi connectivity index (χ2v) is 8.86. The Morgan fingerprint density at radius 1 is 1.09 bits per heavy atom. The van der Waals surface area contributed by atoms with Gasteiger partial charge in [-0.25, -0.2) is 9.97 Å². The van der Waals surface area contributed by atoms with Gasteiger partial charge in [0.1, 0.15) is 11.5 Å². The minimum absolute atomic E-state index is 0.00764. The lowest BCUT2D eigenvalue weighted by Gasteiger charge is -2.32. The van der Waals surface area contributed by atoms with E-state index in [0.717, 1.165) is 42.1 Å². The molecular formula is C25H26Cl2N4O3. The first-order chi connectivity index (χ1) is 16.4. The molecule has 1 aliphatic carbocycles. The summed E-state index contributed by atoms with van der Waals surface area (Å²) in [5.74, 6) is 1.29. The lowest BCUT2D eigenvalue weighted by atomic mass is 9.90. The van der Waals surface area contributed by atoms with Crippen LogP contribution in [0.2, 0.25) is 10.0 Å². The van der Waals surface area contributed by atoms with Gasteiger partial charge in [0.2, 0.25) is 11.9 Å². The molecule has 2 N–H and O–H groups in total. The molecule has 0 bridgehead atoms. The summed E-state index contributed by atoms with van der Waals surface area (Å²) in [5.41, 5.74) is 2.18. The Kier molecular flexibility index (Phi) is 7.44. The van der Waals surface area contributed by atoms with Gasteiger partial charge in [0, 0.05) is 35.3 Å². The highest BCUT2D eigenvalue weighted by Crippen LogP contribution is 2.46. The zero-order valence-electron chi connectivity index (χ0n) is 19.0. The fraction of sp³-hybridized carbons (Fsp3) is 0.320. The summed E-state index contributed by atoms with van der Waals surface area (Å²) in [6.45, 7) is 3.54. The number of nitrogens with one attached hydrogen (secondary N) is 2. The maximum atomic E-state index is 11.8. The van der Waals surface area contributed by atoms with Crippen LogP contribution in [0.15, 0.2) is 43.1 Å². The van der Waals surface area contributed by atoms with Gasteiger partial charge in [-0.2, -0.15) is 0 Å². The monoisotopic (exact) mass is 500 g/mol. The molecule has 1 aliphatic rings. The average molecular weight is 501 g/mol. The second-order valence-electron chi connectivity index (χ2n) is 8.11. The van der Waals surface area contributed by atoms with Gasteiger partial charge >= 0.3 is 0 Å². The molecule has 1 heterocycles. The van der Waals surface area contributed by atoms with Crippen LogP contribution in [-0.2, 0) is 4.79 Å². The number of halogens is 2. The number of carbonyl (C=O) groups excluding carboxylic acids is 1. The van der Waals surface area contributed by atoms with Crippen LogP contribution < -0.4 is 20.1 Å². The van der Waals surface area contributed by atoms with Crippen LogP contribution >= 0.6 is 23.2 Å². The van der Waals surface area contributed by atoms with Crippen LogP contribution in [-0.4, -0.2) is 42.2 Å². The van der Waals surface area contributed by atoms with Crippen LogP contribution in [0.3, 0.4) is 0 Å². The predicted molar refractivity (Wildman–Crippen MR) is 136 cm³/mol. The van der Waals surface area contributed by atoms with Gasteiger partial charge in [0.05, 0.1) is 29.8 Å². The molecule has 3 aromatic rings. The van der Waals surface area contributed by atoms with E-state index in [1.165, 1.54) is 6.08 Å². The zero-order chi connectivity index (χ0) is 24.2. The molecule has 0 saturated heterocycles. The van der Waals surface area contributed by atoms with E-state index in [0.29, 0.717) is 33.1 Å². The number of aromatic nitrogens is 2. The molecular weight excluding hydrogens is 475 g/mol. The Morgan fingerprint density at radius 3 is 2.41 bits per heavy atom. The number of carbonyl (C=O) groups is 1. The quantitative estimate of drug-likeness (QED) is 0.408. The Labute approximate surface area is 208 Å². The molecule has 34 heavy (non-hydrogen) atoms. The van der Waals surface area contributed by atoms with Crippen LogP contribution in [0.1, 0.15) is 25.7 Å². The molecule has 1 amide bonds. The summed E-state index contributed by atoms with van der Waals surface area (Å²) in [6.07, 6.45) is 7.04. The molecule has 4 rings (SSSR count). The van der Waals surface area contributed by atoms with Crippen molar-refractivity contribution in [3.05, 3.63) is 53.2 Å². The largest absolute Gasteiger partial charge is 0.495 e. The zero-order valence-corrected chi connectivity index (χ0v) is 20.5. The molecule has 2 unspecified atom stereocenters. The fourth-order valence-corrected chi connectivity index (χ4v) is 5.00. The van der Waals surface area contributed by atoms with Gasteiger partial charge in [0.25, 0.3) is 0 Å². The van der Waals surface area contributed by atoms with Gasteiger partial charge in [-0.1, -0.05) is 48.7 Å². The Bertz CT molecular complexity index is 1210. The third-order valence-electron chi connectivity index (χ3n) is 6.04. The number of nitrogens with zero attached hydrogens (tertiary/aromatic N) is 2. The highest BCUT2D eigenvalue weighted by molar-refractivity contribution is 6.41. The number of benzene rings is 2. The summed E-state index contributed by atoms with van der Waals surface area (Å²) >= 11 is 13.2. The van der Waals surface area contributed by atoms with Crippen molar-refractivity contribution in [1.82, 2.24) is 15.3 Å². The van der Waals surface area contributed by atoms with Crippen LogP contribution in [0, 0.1) is 0 Å². The Hall–Kier alpha value is -3.03. The predicted octanol–water partition coefficient (Wildman–Crippen LogP) is 5.65. The van der Waals surface area contributed by atoms with Crippen molar-refractivity contribution in [2.24, 2.45) is 0 Å². The molecule has 1 saturated carbocycles. The number of ether oxygens (including phenoxy) is 2. The Balaban J connectivity index is 1.63. The molecule has 0 spiro atoms. The molecule has 178 valence electrons. The van der Waals surface area contributed by atoms with E-state index in [-0.39, 0.29) is 18.0 Å². The first kappa shape index (κ1) is 24.1. The third-order valence-corrected chi connectivity index (χ3v) is 6.79. The molecule has 0 aliphatic heterocycles. The number of amides is 1. The van der Waals surface area contributed by atoms with Crippen molar-refractivity contribution in [2.75, 3.05) is 19.5 Å². The summed E-state index contributed by atoms with van der Waals surface area (Å²) in [7, 11) is 3.08. The molecule has 1 aromatic heterocycles. The lowest BCUT2D eigenvalue weighted by molar-refractivity contribution is -0.117. The van der Waals surface area contributed by atoms with Gasteiger partial charge in [0.15, 0.2) is 0 Å². The molecule has 9 heteroatoms. The number of hydrogen-bond acceptors (Lipinski definition) is 6. The third kappa shape index (κ3) is 4.91. The molecule has 7 nitrogen and oxygen atoms in total. The van der Waals surface area contributed by atoms with Crippen molar-refractivity contribution < 1.29 is 14.3 Å². The van der Waals surface area contributed by atoms with E-state index in [1.54, 1.807) is 26.5 Å². The highest BCUT2D eigenvalue weighted by atomic mass is 35.5. The van der Waals surface area contributed by atoms with Crippen molar-refractivity contribution >= 4 is 46.0 Å². The van der Waals surface area contributed by atoms with E-state index < -0.39 is 0 Å². The molecule has 2 aromatic carbocycles. The Morgan fingerprint density at radius 2 is 1.76 bits per heavy atom. The number of hydrogen-bond donors (Lipinski definition) is 2. The van der Waals surface area contributed by atoms with Gasteiger partial charge in [-0.3, -0.25) is 4.79 Å². The van der Waals surface area contributed by atoms with Gasteiger partial charge in [-0.05, 0) is 36.6 Å². The normalized spacial score (nSPS) is 17.8. The SMILES string of the molecule is C=CC(=O)NC1CCCCC1Nc1ncc2cc(-c3c(Cl)c(OC)cc(OC)c3Cl)ccc2n1. The van der Waals surface area contributed by atoms with E-state index in [9.17, 15) is 4.79 Å². The molecule has 0 radical (unpaired) electrons.